The fraction of sp³-hybridized carbons (Fsp3) is 0.375. The summed E-state index contributed by atoms with van der Waals surface area (Å²) in [6, 6.07) is 9.39. The number of anilines is 1. The summed E-state index contributed by atoms with van der Waals surface area (Å²) in [6.07, 6.45) is 5.73. The van der Waals surface area contributed by atoms with E-state index in [1.54, 1.807) is 29.6 Å². The first-order valence-corrected chi connectivity index (χ1v) is 11.2. The molecule has 3 aromatic rings. The van der Waals surface area contributed by atoms with Gasteiger partial charge in [0.15, 0.2) is 0 Å². The molecule has 5 heterocycles. The first kappa shape index (κ1) is 21.9. The van der Waals surface area contributed by atoms with Crippen molar-refractivity contribution in [2.45, 2.75) is 38.0 Å². The maximum absolute atomic E-state index is 13.2. The van der Waals surface area contributed by atoms with Crippen LogP contribution in [0.1, 0.15) is 37.1 Å². The van der Waals surface area contributed by atoms with E-state index < -0.39 is 11.1 Å². The van der Waals surface area contributed by atoms with Gasteiger partial charge in [0.05, 0.1) is 42.2 Å². The Balaban J connectivity index is 1.38. The average Bonchev–Trinajstić information content (AvgIpc) is 3.46. The van der Waals surface area contributed by atoms with Crippen LogP contribution in [-0.4, -0.2) is 50.4 Å². The van der Waals surface area contributed by atoms with Crippen LogP contribution >= 0.6 is 0 Å². The first-order chi connectivity index (χ1) is 16.3. The number of aromatic nitrogens is 4. The third-order valence-electron chi connectivity index (χ3n) is 6.60. The van der Waals surface area contributed by atoms with Crippen LogP contribution in [-0.2, 0) is 22.4 Å². The molecule has 1 saturated heterocycles. The number of hydrogen-bond donors (Lipinski definition) is 2. The molecule has 174 valence electrons. The molecule has 2 amide bonds. The molecule has 0 aliphatic carbocycles. The van der Waals surface area contributed by atoms with Crippen molar-refractivity contribution in [3.63, 3.8) is 0 Å². The summed E-state index contributed by atoms with van der Waals surface area (Å²) in [7, 11) is 0. The van der Waals surface area contributed by atoms with E-state index in [-0.39, 0.29) is 11.8 Å². The van der Waals surface area contributed by atoms with E-state index in [4.69, 9.17) is 15.6 Å². The number of urea groups is 1. The number of amides is 2. The second-order valence-electron chi connectivity index (χ2n) is 9.21. The lowest BCUT2D eigenvalue weighted by molar-refractivity contribution is -0.0702. The Kier molecular flexibility index (Phi) is 5.21. The third-order valence-corrected chi connectivity index (χ3v) is 6.60. The molecule has 5 rings (SSSR count). The van der Waals surface area contributed by atoms with Crippen molar-refractivity contribution in [2.24, 2.45) is 0 Å². The summed E-state index contributed by atoms with van der Waals surface area (Å²) < 4.78 is 8.22. The quantitative estimate of drug-likeness (QED) is 0.615. The van der Waals surface area contributed by atoms with Crippen molar-refractivity contribution in [3.05, 3.63) is 59.7 Å². The van der Waals surface area contributed by atoms with Crippen molar-refractivity contribution in [1.29, 1.82) is 5.26 Å². The highest BCUT2D eigenvalue weighted by atomic mass is 16.5. The molecule has 0 bridgehead atoms. The standard InChI is InChI=1S/C24H26N8O2/c1-23(2,18-3-6-27-7-4-18)29-22(33)31-8-5-24(15-31)20-12-19(30-32(20)9-10-34-24)17-11-16(13-25)21(26)28-14-17/h3-4,6-7,11-12,14H,5,8-10,15H2,1-2H3,(H2,26,28)(H,29,33). The van der Waals surface area contributed by atoms with Crippen LogP contribution in [0.15, 0.2) is 42.9 Å². The zero-order chi connectivity index (χ0) is 23.9. The van der Waals surface area contributed by atoms with Gasteiger partial charge < -0.3 is 20.7 Å². The Morgan fingerprint density at radius 1 is 1.29 bits per heavy atom. The van der Waals surface area contributed by atoms with Crippen LogP contribution in [0.25, 0.3) is 11.3 Å². The molecule has 3 aromatic heterocycles. The van der Waals surface area contributed by atoms with Crippen LogP contribution in [0, 0.1) is 11.3 Å². The van der Waals surface area contributed by atoms with Gasteiger partial charge in [-0.3, -0.25) is 9.67 Å². The lowest BCUT2D eigenvalue weighted by Crippen LogP contribution is -2.49. The molecule has 0 radical (unpaired) electrons. The molecular formula is C24H26N8O2. The highest BCUT2D eigenvalue weighted by Crippen LogP contribution is 2.40. The predicted molar refractivity (Wildman–Crippen MR) is 124 cm³/mol. The van der Waals surface area contributed by atoms with Crippen molar-refractivity contribution in [3.8, 4) is 17.3 Å². The minimum Gasteiger partial charge on any atom is -0.383 e. The molecule has 2 aliphatic heterocycles. The highest BCUT2D eigenvalue weighted by Gasteiger charge is 2.47. The fourth-order valence-electron chi connectivity index (χ4n) is 4.67. The monoisotopic (exact) mass is 458 g/mol. The predicted octanol–water partition coefficient (Wildman–Crippen LogP) is 2.37. The van der Waals surface area contributed by atoms with Crippen LogP contribution in [0.2, 0.25) is 0 Å². The number of nitriles is 1. The topological polar surface area (TPSA) is 135 Å². The molecule has 1 fully saturated rings. The number of nitrogens with one attached hydrogen (secondary N) is 1. The molecule has 0 saturated carbocycles. The minimum absolute atomic E-state index is 0.138. The van der Waals surface area contributed by atoms with E-state index in [1.165, 1.54) is 0 Å². The molecule has 3 N–H and O–H groups in total. The van der Waals surface area contributed by atoms with Gasteiger partial charge in [0.2, 0.25) is 0 Å². The van der Waals surface area contributed by atoms with Gasteiger partial charge in [-0.2, -0.15) is 10.4 Å². The Hall–Kier alpha value is -3.97. The smallest absolute Gasteiger partial charge is 0.318 e. The molecule has 1 unspecified atom stereocenters. The summed E-state index contributed by atoms with van der Waals surface area (Å²) >= 11 is 0. The third kappa shape index (κ3) is 3.74. The van der Waals surface area contributed by atoms with Crippen molar-refractivity contribution >= 4 is 11.8 Å². The summed E-state index contributed by atoms with van der Waals surface area (Å²) in [6.45, 7) is 6.07. The zero-order valence-corrected chi connectivity index (χ0v) is 19.2. The Morgan fingerprint density at radius 3 is 2.85 bits per heavy atom. The van der Waals surface area contributed by atoms with E-state index >= 15 is 0 Å². The Bertz CT molecular complexity index is 1280. The normalized spacial score (nSPS) is 19.6. The van der Waals surface area contributed by atoms with E-state index in [0.717, 1.165) is 16.8 Å². The Morgan fingerprint density at radius 2 is 2.09 bits per heavy atom. The minimum atomic E-state index is -0.624. The maximum Gasteiger partial charge on any atom is 0.318 e. The molecule has 2 aliphatic rings. The molecule has 34 heavy (non-hydrogen) atoms. The number of carbonyl (C=O) groups excluding carboxylic acids is 1. The summed E-state index contributed by atoms with van der Waals surface area (Å²) in [5.74, 6) is 0.196. The van der Waals surface area contributed by atoms with Gasteiger partial charge in [0, 0.05) is 37.1 Å². The van der Waals surface area contributed by atoms with Gasteiger partial charge in [0.1, 0.15) is 17.5 Å². The Labute approximate surface area is 197 Å². The first-order valence-electron chi connectivity index (χ1n) is 11.2. The largest absolute Gasteiger partial charge is 0.383 e. The summed E-state index contributed by atoms with van der Waals surface area (Å²) in [5.41, 5.74) is 8.24. The summed E-state index contributed by atoms with van der Waals surface area (Å²) in [5, 5.41) is 17.2. The number of fused-ring (bicyclic) bond motifs is 2. The fourth-order valence-corrected chi connectivity index (χ4v) is 4.67. The second-order valence-corrected chi connectivity index (χ2v) is 9.21. The molecular weight excluding hydrogens is 432 g/mol. The average molecular weight is 459 g/mol. The maximum atomic E-state index is 13.2. The van der Waals surface area contributed by atoms with E-state index in [0.29, 0.717) is 43.9 Å². The molecule has 1 spiro atoms. The van der Waals surface area contributed by atoms with E-state index in [9.17, 15) is 10.1 Å². The van der Waals surface area contributed by atoms with E-state index in [1.807, 2.05) is 36.7 Å². The lowest BCUT2D eigenvalue weighted by Gasteiger charge is -2.35. The number of nitrogens with two attached hydrogens (primary N) is 1. The van der Waals surface area contributed by atoms with Crippen LogP contribution in [0.5, 0.6) is 0 Å². The number of pyridine rings is 2. The zero-order valence-electron chi connectivity index (χ0n) is 19.2. The number of likely N-dealkylation sites (tertiary alicyclic amines) is 1. The molecule has 10 nitrogen and oxygen atoms in total. The lowest BCUT2D eigenvalue weighted by atomic mass is 9.95. The van der Waals surface area contributed by atoms with Crippen LogP contribution < -0.4 is 11.1 Å². The summed E-state index contributed by atoms with van der Waals surface area (Å²) in [4.78, 5) is 23.2. The highest BCUT2D eigenvalue weighted by molar-refractivity contribution is 5.76. The number of hydrogen-bond acceptors (Lipinski definition) is 7. The number of ether oxygens (including phenoxy) is 1. The van der Waals surface area contributed by atoms with Crippen molar-refractivity contribution in [2.75, 3.05) is 25.4 Å². The number of rotatable bonds is 3. The number of nitrogens with zero attached hydrogens (tertiary/aromatic N) is 6. The van der Waals surface area contributed by atoms with Crippen molar-refractivity contribution in [1.82, 2.24) is 30.0 Å². The van der Waals surface area contributed by atoms with Crippen molar-refractivity contribution < 1.29 is 9.53 Å². The van der Waals surface area contributed by atoms with E-state index in [2.05, 4.69) is 21.4 Å². The van der Waals surface area contributed by atoms with Gasteiger partial charge in [-0.1, -0.05) is 0 Å². The van der Waals surface area contributed by atoms with Gasteiger partial charge in [-0.25, -0.2) is 9.78 Å². The SMILES string of the molecule is CC(C)(NC(=O)N1CCC2(C1)OCCn1nc(-c3cnc(N)c(C#N)c3)cc12)c1ccncc1. The number of nitrogen functional groups attached to an aromatic ring is 1. The van der Waals surface area contributed by atoms with Gasteiger partial charge in [0.25, 0.3) is 0 Å². The van der Waals surface area contributed by atoms with Crippen LogP contribution in [0.4, 0.5) is 10.6 Å². The number of carbonyl (C=O) groups is 1. The second kappa shape index (κ2) is 8.11. The van der Waals surface area contributed by atoms with Gasteiger partial charge in [-0.05, 0) is 43.7 Å². The van der Waals surface area contributed by atoms with Gasteiger partial charge in [-0.15, -0.1) is 0 Å². The molecule has 10 heteroatoms. The van der Waals surface area contributed by atoms with Gasteiger partial charge >= 0.3 is 6.03 Å². The molecule has 1 atom stereocenters. The van der Waals surface area contributed by atoms with Crippen LogP contribution in [0.3, 0.4) is 0 Å². The molecule has 0 aromatic carbocycles.